The molecule has 3 rings (SSSR count). The molecule has 0 spiro atoms. The van der Waals surface area contributed by atoms with Gasteiger partial charge in [0.15, 0.2) is 5.75 Å². The molecule has 30 heavy (non-hydrogen) atoms. The lowest BCUT2D eigenvalue weighted by Crippen LogP contribution is -2.53. The number of ether oxygens (including phenoxy) is 2. The first-order valence-corrected chi connectivity index (χ1v) is 10.6. The highest BCUT2D eigenvalue weighted by Gasteiger charge is 2.30. The molecule has 0 bridgehead atoms. The number of hydrogen-bond acceptors (Lipinski definition) is 7. The Morgan fingerprint density at radius 3 is 2.40 bits per heavy atom. The van der Waals surface area contributed by atoms with Crippen molar-refractivity contribution in [3.63, 3.8) is 0 Å². The van der Waals surface area contributed by atoms with Crippen LogP contribution in [0.5, 0.6) is 5.75 Å². The summed E-state index contributed by atoms with van der Waals surface area (Å²) in [6.07, 6.45) is 1.73. The predicted molar refractivity (Wildman–Crippen MR) is 114 cm³/mol. The number of nitrogens with zero attached hydrogens (tertiary/aromatic N) is 4. The van der Waals surface area contributed by atoms with E-state index in [0.717, 1.165) is 57.8 Å². The third kappa shape index (κ3) is 5.33. The quantitative estimate of drug-likeness (QED) is 0.516. The molecule has 0 aromatic heterocycles. The lowest BCUT2D eigenvalue weighted by Gasteiger charge is -2.43. The maximum atomic E-state index is 12.1. The first-order valence-electron chi connectivity index (χ1n) is 10.6. The lowest BCUT2D eigenvalue weighted by molar-refractivity contribution is -0.385. The van der Waals surface area contributed by atoms with Crippen LogP contribution < -0.4 is 9.64 Å². The van der Waals surface area contributed by atoms with Gasteiger partial charge in [-0.1, -0.05) is 13.8 Å². The molecule has 0 saturated carbocycles. The van der Waals surface area contributed by atoms with Gasteiger partial charge < -0.3 is 19.3 Å². The fourth-order valence-electron chi connectivity index (χ4n) is 4.10. The molecule has 1 amide bonds. The standard InChI is InChI=1S/C21H32N4O5/c1-16(2)15-30-21(26)24-8-6-17(7-9-24)22-10-12-23(13-11-22)18-4-5-19(25(27)28)20(14-18)29-3/h4-5,14,16-17H,6-13,15H2,1-3H3. The smallest absolute Gasteiger partial charge is 0.409 e. The van der Waals surface area contributed by atoms with Crippen molar-refractivity contribution in [2.75, 3.05) is 57.9 Å². The van der Waals surface area contributed by atoms with Crippen LogP contribution in [0, 0.1) is 16.0 Å². The molecule has 2 fully saturated rings. The molecule has 2 aliphatic rings. The number of likely N-dealkylation sites (tertiary alicyclic amines) is 1. The number of nitro benzene ring substituents is 1. The number of amides is 1. The SMILES string of the molecule is COc1cc(N2CCN(C3CCN(C(=O)OCC(C)C)CC3)CC2)ccc1[N+](=O)[O-]. The Bertz CT molecular complexity index is 741. The molecule has 0 atom stereocenters. The zero-order valence-corrected chi connectivity index (χ0v) is 18.1. The van der Waals surface area contributed by atoms with Crippen molar-refractivity contribution in [2.45, 2.75) is 32.7 Å². The minimum Gasteiger partial charge on any atom is -0.490 e. The van der Waals surface area contributed by atoms with E-state index < -0.39 is 4.92 Å². The first-order chi connectivity index (χ1) is 14.4. The van der Waals surface area contributed by atoms with E-state index in [-0.39, 0.29) is 17.5 Å². The van der Waals surface area contributed by atoms with Crippen molar-refractivity contribution < 1.29 is 19.2 Å². The predicted octanol–water partition coefficient (Wildman–Crippen LogP) is 2.98. The average Bonchev–Trinajstić information content (AvgIpc) is 2.77. The van der Waals surface area contributed by atoms with Crippen molar-refractivity contribution in [1.82, 2.24) is 9.80 Å². The van der Waals surface area contributed by atoms with E-state index in [0.29, 0.717) is 18.6 Å². The van der Waals surface area contributed by atoms with Gasteiger partial charge in [0, 0.05) is 63.1 Å². The van der Waals surface area contributed by atoms with Gasteiger partial charge in [-0.25, -0.2) is 4.79 Å². The molecule has 2 heterocycles. The topological polar surface area (TPSA) is 88.4 Å². The molecule has 9 heteroatoms. The molecular formula is C21H32N4O5. The molecule has 2 aliphatic heterocycles. The van der Waals surface area contributed by atoms with Gasteiger partial charge in [0.25, 0.3) is 0 Å². The van der Waals surface area contributed by atoms with Crippen LogP contribution in [0.15, 0.2) is 18.2 Å². The monoisotopic (exact) mass is 420 g/mol. The van der Waals surface area contributed by atoms with E-state index in [1.165, 1.54) is 13.2 Å². The van der Waals surface area contributed by atoms with Crippen LogP contribution in [0.1, 0.15) is 26.7 Å². The summed E-state index contributed by atoms with van der Waals surface area (Å²) in [6.45, 7) is 9.59. The van der Waals surface area contributed by atoms with E-state index in [1.807, 2.05) is 18.7 Å². The molecule has 166 valence electrons. The number of carbonyl (C=O) groups is 1. The van der Waals surface area contributed by atoms with Crippen molar-refractivity contribution in [3.8, 4) is 5.75 Å². The second-order valence-electron chi connectivity index (χ2n) is 8.33. The number of carbonyl (C=O) groups excluding carboxylic acids is 1. The van der Waals surface area contributed by atoms with Crippen molar-refractivity contribution in [2.24, 2.45) is 5.92 Å². The van der Waals surface area contributed by atoms with E-state index in [9.17, 15) is 14.9 Å². The number of methoxy groups -OCH3 is 1. The van der Waals surface area contributed by atoms with Crippen LogP contribution in [-0.2, 0) is 4.74 Å². The zero-order chi connectivity index (χ0) is 21.7. The maximum Gasteiger partial charge on any atom is 0.409 e. The van der Waals surface area contributed by atoms with Gasteiger partial charge in [-0.2, -0.15) is 0 Å². The average molecular weight is 421 g/mol. The van der Waals surface area contributed by atoms with Crippen LogP contribution >= 0.6 is 0 Å². The molecule has 9 nitrogen and oxygen atoms in total. The number of nitro groups is 1. The summed E-state index contributed by atoms with van der Waals surface area (Å²) in [5, 5.41) is 11.1. The second-order valence-corrected chi connectivity index (χ2v) is 8.33. The first kappa shape index (κ1) is 22.1. The Kier molecular flexibility index (Phi) is 7.36. The molecule has 0 radical (unpaired) electrons. The summed E-state index contributed by atoms with van der Waals surface area (Å²) in [5.74, 6) is 0.634. The van der Waals surface area contributed by atoms with Gasteiger partial charge in [-0.15, -0.1) is 0 Å². The molecule has 0 unspecified atom stereocenters. The van der Waals surface area contributed by atoms with Crippen LogP contribution in [0.3, 0.4) is 0 Å². The fourth-order valence-corrected chi connectivity index (χ4v) is 4.10. The van der Waals surface area contributed by atoms with E-state index in [2.05, 4.69) is 9.80 Å². The largest absolute Gasteiger partial charge is 0.490 e. The van der Waals surface area contributed by atoms with E-state index in [4.69, 9.17) is 9.47 Å². The van der Waals surface area contributed by atoms with E-state index >= 15 is 0 Å². The Balaban J connectivity index is 1.48. The molecule has 2 saturated heterocycles. The summed E-state index contributed by atoms with van der Waals surface area (Å²) < 4.78 is 10.5. The van der Waals surface area contributed by atoms with Gasteiger partial charge in [-0.3, -0.25) is 15.0 Å². The number of rotatable bonds is 6. The second kappa shape index (κ2) is 9.97. The number of benzene rings is 1. The van der Waals surface area contributed by atoms with Gasteiger partial charge >= 0.3 is 11.8 Å². The van der Waals surface area contributed by atoms with Gasteiger partial charge in [0.1, 0.15) is 0 Å². The van der Waals surface area contributed by atoms with Gasteiger partial charge in [-0.05, 0) is 24.8 Å². The number of piperidine rings is 1. The Morgan fingerprint density at radius 1 is 1.17 bits per heavy atom. The normalized spacial score (nSPS) is 18.5. The lowest BCUT2D eigenvalue weighted by atomic mass is 10.0. The van der Waals surface area contributed by atoms with Gasteiger partial charge in [0.2, 0.25) is 0 Å². The highest BCUT2D eigenvalue weighted by Crippen LogP contribution is 2.32. The highest BCUT2D eigenvalue weighted by molar-refractivity contribution is 5.67. The van der Waals surface area contributed by atoms with Crippen molar-refractivity contribution >= 4 is 17.5 Å². The summed E-state index contributed by atoms with van der Waals surface area (Å²) in [7, 11) is 1.45. The highest BCUT2D eigenvalue weighted by atomic mass is 16.6. The van der Waals surface area contributed by atoms with Crippen molar-refractivity contribution in [3.05, 3.63) is 28.3 Å². The Labute approximate surface area is 177 Å². The molecular weight excluding hydrogens is 388 g/mol. The van der Waals surface area contributed by atoms with Crippen LogP contribution in [-0.4, -0.2) is 79.8 Å². The number of piperazine rings is 1. The summed E-state index contributed by atoms with van der Waals surface area (Å²) in [5.41, 5.74) is 0.929. The Morgan fingerprint density at radius 2 is 1.83 bits per heavy atom. The zero-order valence-electron chi connectivity index (χ0n) is 18.1. The molecule has 0 aliphatic carbocycles. The maximum absolute atomic E-state index is 12.1. The molecule has 1 aromatic rings. The molecule has 0 N–H and O–H groups in total. The summed E-state index contributed by atoms with van der Waals surface area (Å²) >= 11 is 0. The summed E-state index contributed by atoms with van der Waals surface area (Å²) in [4.78, 5) is 29.4. The number of hydrogen-bond donors (Lipinski definition) is 0. The third-order valence-corrected chi connectivity index (χ3v) is 5.82. The third-order valence-electron chi connectivity index (χ3n) is 5.82. The summed E-state index contributed by atoms with van der Waals surface area (Å²) in [6, 6.07) is 5.52. The van der Waals surface area contributed by atoms with Gasteiger partial charge in [0.05, 0.1) is 18.6 Å². The minimum absolute atomic E-state index is 0.0152. The van der Waals surface area contributed by atoms with Crippen LogP contribution in [0.4, 0.5) is 16.2 Å². The van der Waals surface area contributed by atoms with Crippen molar-refractivity contribution in [1.29, 1.82) is 0 Å². The van der Waals surface area contributed by atoms with Crippen LogP contribution in [0.25, 0.3) is 0 Å². The minimum atomic E-state index is -0.425. The number of anilines is 1. The Hall–Kier alpha value is -2.55. The fraction of sp³-hybridized carbons (Fsp3) is 0.667. The van der Waals surface area contributed by atoms with Crippen LogP contribution in [0.2, 0.25) is 0 Å². The molecule has 1 aromatic carbocycles. The van der Waals surface area contributed by atoms with E-state index in [1.54, 1.807) is 12.1 Å².